The SMILES string of the molecule is CN(C)C(Cl)(O[Cl+3]([O-])([O-])[O-])N(C)C. The number of hydrogen-bond donors (Lipinski definition) is 0. The molecule has 0 amide bonds. The second-order valence-electron chi connectivity index (χ2n) is 2.77. The predicted octanol–water partition coefficient (Wildman–Crippen LogP) is -3.13. The molecule has 0 N–H and O–H groups in total. The van der Waals surface area contributed by atoms with Crippen LogP contribution in [0.25, 0.3) is 0 Å². The molecular formula is C5H12Cl2N2O4. The van der Waals surface area contributed by atoms with Gasteiger partial charge in [-0.3, -0.25) is 0 Å². The molecule has 0 aliphatic rings. The van der Waals surface area contributed by atoms with Crippen molar-refractivity contribution in [2.24, 2.45) is 0 Å². The topological polar surface area (TPSA) is 84.9 Å². The molecule has 0 aromatic carbocycles. The van der Waals surface area contributed by atoms with E-state index in [1.165, 1.54) is 38.0 Å². The largest absolute Gasteiger partial charge is 0.413 e. The van der Waals surface area contributed by atoms with E-state index < -0.39 is 15.6 Å². The van der Waals surface area contributed by atoms with Crippen LogP contribution >= 0.6 is 11.6 Å². The quantitative estimate of drug-likeness (QED) is 0.291. The summed E-state index contributed by atoms with van der Waals surface area (Å²) in [5.41, 5.74) is 0. The van der Waals surface area contributed by atoms with Gasteiger partial charge in [0.1, 0.15) is 4.29 Å². The van der Waals surface area contributed by atoms with Gasteiger partial charge in [-0.15, -0.1) is 0 Å². The molecule has 0 aromatic heterocycles. The molecule has 80 valence electrons. The van der Waals surface area contributed by atoms with Gasteiger partial charge in [0.25, 0.3) is 0 Å². The van der Waals surface area contributed by atoms with Crippen LogP contribution in [0, 0.1) is 10.2 Å². The van der Waals surface area contributed by atoms with Crippen molar-refractivity contribution in [3.63, 3.8) is 0 Å². The zero-order valence-electron chi connectivity index (χ0n) is 7.78. The van der Waals surface area contributed by atoms with Gasteiger partial charge in [-0.2, -0.15) is 14.0 Å². The molecule has 8 heteroatoms. The smallest absolute Gasteiger partial charge is 0.241 e. The first kappa shape index (κ1) is 13.3. The van der Waals surface area contributed by atoms with Crippen molar-refractivity contribution < 1.29 is 28.5 Å². The second-order valence-corrected chi connectivity index (χ2v) is 4.18. The lowest BCUT2D eigenvalue weighted by Gasteiger charge is -2.33. The first-order valence-corrected chi connectivity index (χ1v) is 4.86. The minimum absolute atomic E-state index is 1.25. The summed E-state index contributed by atoms with van der Waals surface area (Å²) in [6.07, 6.45) is 0. The van der Waals surface area contributed by atoms with Gasteiger partial charge in [0, 0.05) is 0 Å². The third-order valence-electron chi connectivity index (χ3n) is 1.30. The van der Waals surface area contributed by atoms with Gasteiger partial charge < -0.3 is 0 Å². The van der Waals surface area contributed by atoms with E-state index >= 15 is 0 Å². The summed E-state index contributed by atoms with van der Waals surface area (Å²) in [6.45, 7) is 0. The van der Waals surface area contributed by atoms with Crippen molar-refractivity contribution in [3.05, 3.63) is 0 Å². The molecule has 0 aliphatic heterocycles. The van der Waals surface area contributed by atoms with Crippen LogP contribution in [-0.2, 0) is 4.29 Å². The van der Waals surface area contributed by atoms with Crippen LogP contribution in [0.15, 0.2) is 0 Å². The van der Waals surface area contributed by atoms with Gasteiger partial charge >= 0.3 is 5.31 Å². The fourth-order valence-corrected chi connectivity index (χ4v) is 1.39. The minimum Gasteiger partial charge on any atom is -0.241 e. The Bertz CT molecular complexity index is 162. The van der Waals surface area contributed by atoms with Gasteiger partial charge in [0.15, 0.2) is 0 Å². The highest BCUT2D eigenvalue weighted by Crippen LogP contribution is 2.24. The number of halogens is 2. The summed E-state index contributed by atoms with van der Waals surface area (Å²) in [4.78, 5) is 2.49. The Morgan fingerprint density at radius 3 is 1.46 bits per heavy atom. The zero-order valence-corrected chi connectivity index (χ0v) is 9.30. The molecule has 0 bridgehead atoms. The van der Waals surface area contributed by atoms with Crippen LogP contribution in [0.4, 0.5) is 0 Å². The Hall–Kier alpha value is 0.340. The second kappa shape index (κ2) is 4.24. The van der Waals surface area contributed by atoms with Crippen molar-refractivity contribution in [2.75, 3.05) is 28.2 Å². The fraction of sp³-hybridized carbons (Fsp3) is 1.00. The summed E-state index contributed by atoms with van der Waals surface area (Å²) < 4.78 is 35.1. The van der Waals surface area contributed by atoms with E-state index in [4.69, 9.17) is 11.6 Å². The monoisotopic (exact) mass is 234 g/mol. The molecule has 0 saturated heterocycles. The number of rotatable bonds is 4. The molecule has 0 aliphatic carbocycles. The zero-order chi connectivity index (χ0) is 10.9. The summed E-state index contributed by atoms with van der Waals surface area (Å²) in [6, 6.07) is 0. The van der Waals surface area contributed by atoms with Crippen LogP contribution in [0.5, 0.6) is 0 Å². The molecule has 0 fully saturated rings. The first-order chi connectivity index (χ1) is 5.59. The van der Waals surface area contributed by atoms with Crippen molar-refractivity contribution in [2.45, 2.75) is 5.31 Å². The molecule has 0 unspecified atom stereocenters. The minimum atomic E-state index is -4.56. The van der Waals surface area contributed by atoms with Crippen LogP contribution < -0.4 is 14.0 Å². The van der Waals surface area contributed by atoms with Gasteiger partial charge in [-0.05, 0) is 39.8 Å². The summed E-state index contributed by atoms with van der Waals surface area (Å²) in [7, 11) is 1.36. The average Bonchev–Trinajstić information content (AvgIpc) is 1.82. The first-order valence-electron chi connectivity index (χ1n) is 3.25. The summed E-state index contributed by atoms with van der Waals surface area (Å²) in [5.74, 6) is 0. The van der Waals surface area contributed by atoms with Crippen LogP contribution in [-0.4, -0.2) is 43.3 Å². The highest BCUT2D eigenvalue weighted by molar-refractivity contribution is 6.22. The predicted molar refractivity (Wildman–Crippen MR) is 37.0 cm³/mol. The third kappa shape index (κ3) is 3.92. The molecule has 0 atom stereocenters. The van der Waals surface area contributed by atoms with Gasteiger partial charge in [0.2, 0.25) is 0 Å². The normalized spacial score (nSPS) is 14.3. The maximum atomic E-state index is 10.3. The van der Waals surface area contributed by atoms with Crippen LogP contribution in [0.2, 0.25) is 0 Å². The molecule has 0 heterocycles. The van der Waals surface area contributed by atoms with E-state index in [9.17, 15) is 14.0 Å². The molecule has 0 aromatic rings. The van der Waals surface area contributed by atoms with Gasteiger partial charge in [0.05, 0.1) is 10.2 Å². The molecule has 0 saturated carbocycles. The Morgan fingerprint density at radius 1 is 1.08 bits per heavy atom. The van der Waals surface area contributed by atoms with E-state index in [1.807, 2.05) is 0 Å². The molecule has 13 heavy (non-hydrogen) atoms. The highest BCUT2D eigenvalue weighted by atomic mass is 35.7. The summed E-state index contributed by atoms with van der Waals surface area (Å²) >= 11 is 5.74. The number of hydrogen-bond acceptors (Lipinski definition) is 6. The van der Waals surface area contributed by atoms with E-state index in [1.54, 1.807) is 0 Å². The van der Waals surface area contributed by atoms with Crippen molar-refractivity contribution >= 4 is 11.6 Å². The lowest BCUT2D eigenvalue weighted by Crippen LogP contribution is -2.68. The third-order valence-corrected chi connectivity index (χ3v) is 2.53. The van der Waals surface area contributed by atoms with E-state index in [2.05, 4.69) is 4.29 Å². The number of nitrogens with zero attached hydrogens (tertiary/aromatic N) is 2. The van der Waals surface area contributed by atoms with Crippen molar-refractivity contribution in [1.29, 1.82) is 0 Å². The average molecular weight is 235 g/mol. The number of alkyl halides is 1. The molecule has 0 rings (SSSR count). The lowest BCUT2D eigenvalue weighted by atomic mass is 10.7. The Labute approximate surface area is 84.0 Å². The Morgan fingerprint density at radius 2 is 1.38 bits per heavy atom. The van der Waals surface area contributed by atoms with Crippen molar-refractivity contribution in [1.82, 2.24) is 9.80 Å². The van der Waals surface area contributed by atoms with E-state index in [0.717, 1.165) is 0 Å². The molecular weight excluding hydrogens is 223 g/mol. The van der Waals surface area contributed by atoms with Crippen molar-refractivity contribution in [3.8, 4) is 0 Å². The van der Waals surface area contributed by atoms with E-state index in [0.29, 0.717) is 0 Å². The standard InChI is InChI=1S/C5H12Cl2N2O4/c1-8(2)5(6,9(3)4)13-7(10,11)12/h1-4H3. The Kier molecular flexibility index (Phi) is 4.35. The molecule has 0 radical (unpaired) electrons. The van der Waals surface area contributed by atoms with Gasteiger partial charge in [-0.25, -0.2) is 9.80 Å². The fourth-order valence-electron chi connectivity index (χ4n) is 0.658. The Balaban J connectivity index is 4.62. The van der Waals surface area contributed by atoms with E-state index in [-0.39, 0.29) is 0 Å². The maximum absolute atomic E-state index is 10.3. The summed E-state index contributed by atoms with van der Waals surface area (Å²) in [5, 5.41) is -1.79. The van der Waals surface area contributed by atoms with Gasteiger partial charge in [-0.1, -0.05) is 0 Å². The maximum Gasteiger partial charge on any atom is 0.413 e. The lowest BCUT2D eigenvalue weighted by molar-refractivity contribution is -1.92. The van der Waals surface area contributed by atoms with Crippen LogP contribution in [0.3, 0.4) is 0 Å². The molecule has 0 spiro atoms. The van der Waals surface area contributed by atoms with Crippen LogP contribution in [0.1, 0.15) is 0 Å². The highest BCUT2D eigenvalue weighted by Gasteiger charge is 2.49. The molecule has 6 nitrogen and oxygen atoms in total.